The third-order valence-corrected chi connectivity index (χ3v) is 2.01. The highest BCUT2D eigenvalue weighted by atomic mass is 15.1. The van der Waals surface area contributed by atoms with Gasteiger partial charge in [0.25, 0.3) is 0 Å². The molecule has 1 aromatic carbocycles. The summed E-state index contributed by atoms with van der Waals surface area (Å²) >= 11 is 0. The summed E-state index contributed by atoms with van der Waals surface area (Å²) in [6, 6.07) is 12.0. The second-order valence-corrected chi connectivity index (χ2v) is 2.77. The first-order valence-corrected chi connectivity index (χ1v) is 5.07. The van der Waals surface area contributed by atoms with E-state index >= 15 is 0 Å². The number of hydrogen-bond donors (Lipinski definition) is 0. The first-order valence-electron chi connectivity index (χ1n) is 5.07. The lowest BCUT2D eigenvalue weighted by Crippen LogP contribution is -2.21. The molecule has 0 aromatic heterocycles. The second kappa shape index (κ2) is 9.27. The van der Waals surface area contributed by atoms with E-state index in [-0.39, 0.29) is 0 Å². The quantitative estimate of drug-likeness (QED) is 0.689. The van der Waals surface area contributed by atoms with Crippen molar-refractivity contribution in [3.05, 3.63) is 36.4 Å². The third kappa shape index (κ3) is 7.54. The van der Waals surface area contributed by atoms with Gasteiger partial charge in [-0.2, -0.15) is 0 Å². The smallest absolute Gasteiger partial charge is 0.00474 e. The summed E-state index contributed by atoms with van der Waals surface area (Å²) in [6.07, 6.45) is 0. The van der Waals surface area contributed by atoms with Gasteiger partial charge in [0.2, 0.25) is 0 Å². The molecule has 0 atom stereocenters. The van der Waals surface area contributed by atoms with Crippen LogP contribution in [-0.4, -0.2) is 24.5 Å². The fourth-order valence-corrected chi connectivity index (χ4v) is 1.06. The predicted molar refractivity (Wildman–Crippen MR) is 59.9 cm³/mol. The van der Waals surface area contributed by atoms with Crippen LogP contribution in [0.3, 0.4) is 0 Å². The fourth-order valence-electron chi connectivity index (χ4n) is 1.06. The normalized spacial score (nSPS) is 9.23. The molecular weight excluding hydrogens is 158 g/mol. The zero-order valence-corrected chi connectivity index (χ0v) is 9.03. The van der Waals surface area contributed by atoms with Crippen LogP contribution in [0.4, 0.5) is 0 Å². The van der Waals surface area contributed by atoms with E-state index in [1.165, 1.54) is 19.6 Å². The number of nitrogens with zero attached hydrogens (tertiary/aromatic N) is 1. The van der Waals surface area contributed by atoms with Crippen molar-refractivity contribution < 1.29 is 0 Å². The van der Waals surface area contributed by atoms with Crippen LogP contribution < -0.4 is 0 Å². The maximum atomic E-state index is 2.38. The molecule has 0 radical (unpaired) electrons. The molecule has 0 spiro atoms. The second-order valence-electron chi connectivity index (χ2n) is 2.77. The minimum atomic E-state index is 1.19. The monoisotopic (exact) mass is 179 g/mol. The summed E-state index contributed by atoms with van der Waals surface area (Å²) in [4.78, 5) is 2.38. The van der Waals surface area contributed by atoms with Crippen LogP contribution in [-0.2, 0) is 0 Å². The average Bonchev–Trinajstić information content (AvgIpc) is 2.24. The van der Waals surface area contributed by atoms with Gasteiger partial charge < -0.3 is 4.90 Å². The summed E-state index contributed by atoms with van der Waals surface area (Å²) in [5, 5.41) is 0. The molecule has 0 N–H and O–H groups in total. The predicted octanol–water partition coefficient (Wildman–Crippen LogP) is 3.03. The lowest BCUT2D eigenvalue weighted by molar-refractivity contribution is 0.321. The van der Waals surface area contributed by atoms with Crippen LogP contribution in [0.5, 0.6) is 0 Å². The maximum Gasteiger partial charge on any atom is -0.00474 e. The summed E-state index contributed by atoms with van der Waals surface area (Å²) in [5.74, 6) is 0. The van der Waals surface area contributed by atoms with Crippen molar-refractivity contribution in [3.8, 4) is 0 Å². The number of benzene rings is 1. The van der Waals surface area contributed by atoms with Gasteiger partial charge in [-0.1, -0.05) is 57.2 Å². The Labute approximate surface area is 82.4 Å². The molecule has 0 aliphatic heterocycles. The standard InChI is InChI=1S/C6H15N.C6H6/c1-4-7(5-2)6-3;1-2-4-6-5-3-1/h4-6H2,1-3H3;1-6H. The van der Waals surface area contributed by atoms with Crippen LogP contribution >= 0.6 is 0 Å². The lowest BCUT2D eigenvalue weighted by atomic mass is 10.4. The zero-order valence-electron chi connectivity index (χ0n) is 9.03. The van der Waals surface area contributed by atoms with Gasteiger partial charge in [-0.05, 0) is 19.6 Å². The molecule has 13 heavy (non-hydrogen) atoms. The van der Waals surface area contributed by atoms with Crippen molar-refractivity contribution in [3.63, 3.8) is 0 Å². The molecule has 1 rings (SSSR count). The van der Waals surface area contributed by atoms with Gasteiger partial charge in [-0.3, -0.25) is 0 Å². The summed E-state index contributed by atoms with van der Waals surface area (Å²) < 4.78 is 0. The van der Waals surface area contributed by atoms with Crippen LogP contribution in [0, 0.1) is 0 Å². The Bertz CT molecular complexity index is 136. The summed E-state index contributed by atoms with van der Waals surface area (Å²) in [5.41, 5.74) is 0. The Balaban J connectivity index is 0.000000223. The Morgan fingerprint density at radius 3 is 0.923 bits per heavy atom. The Morgan fingerprint density at radius 1 is 0.615 bits per heavy atom. The third-order valence-electron chi connectivity index (χ3n) is 2.01. The van der Waals surface area contributed by atoms with Gasteiger partial charge in [0, 0.05) is 0 Å². The van der Waals surface area contributed by atoms with Crippen molar-refractivity contribution in [1.29, 1.82) is 0 Å². The average molecular weight is 179 g/mol. The van der Waals surface area contributed by atoms with E-state index in [0.29, 0.717) is 0 Å². The molecule has 0 aliphatic rings. The van der Waals surface area contributed by atoms with Crippen molar-refractivity contribution in [2.45, 2.75) is 20.8 Å². The SMILES string of the molecule is CCN(CC)CC.c1ccccc1. The van der Waals surface area contributed by atoms with E-state index in [1.54, 1.807) is 0 Å². The number of hydrogen-bond acceptors (Lipinski definition) is 1. The van der Waals surface area contributed by atoms with E-state index in [1.807, 2.05) is 36.4 Å². The molecular formula is C12H21N. The maximum absolute atomic E-state index is 2.38. The minimum Gasteiger partial charge on any atom is -0.304 e. The van der Waals surface area contributed by atoms with Gasteiger partial charge in [0.15, 0.2) is 0 Å². The van der Waals surface area contributed by atoms with E-state index in [4.69, 9.17) is 0 Å². The molecule has 0 saturated carbocycles. The molecule has 0 unspecified atom stereocenters. The largest absolute Gasteiger partial charge is 0.304 e. The van der Waals surface area contributed by atoms with E-state index in [9.17, 15) is 0 Å². The first-order chi connectivity index (χ1) is 6.35. The molecule has 1 nitrogen and oxygen atoms in total. The van der Waals surface area contributed by atoms with Crippen molar-refractivity contribution in [1.82, 2.24) is 4.90 Å². The molecule has 0 saturated heterocycles. The topological polar surface area (TPSA) is 3.24 Å². The molecule has 74 valence electrons. The molecule has 0 fully saturated rings. The molecule has 0 heterocycles. The van der Waals surface area contributed by atoms with Crippen LogP contribution in [0.1, 0.15) is 20.8 Å². The zero-order chi connectivity index (χ0) is 9.94. The van der Waals surface area contributed by atoms with E-state index < -0.39 is 0 Å². The van der Waals surface area contributed by atoms with Gasteiger partial charge in [0.1, 0.15) is 0 Å². The Kier molecular flexibility index (Phi) is 8.68. The van der Waals surface area contributed by atoms with Crippen LogP contribution in [0.15, 0.2) is 36.4 Å². The van der Waals surface area contributed by atoms with Crippen LogP contribution in [0.25, 0.3) is 0 Å². The first kappa shape index (κ1) is 12.2. The highest BCUT2D eigenvalue weighted by Gasteiger charge is 1.89. The Morgan fingerprint density at radius 2 is 0.846 bits per heavy atom. The minimum absolute atomic E-state index is 1.19. The van der Waals surface area contributed by atoms with E-state index in [0.717, 1.165) is 0 Å². The molecule has 1 aromatic rings. The molecule has 0 bridgehead atoms. The highest BCUT2D eigenvalue weighted by molar-refractivity contribution is 4.99. The molecule has 0 aliphatic carbocycles. The fraction of sp³-hybridized carbons (Fsp3) is 0.500. The van der Waals surface area contributed by atoms with Crippen molar-refractivity contribution in [2.75, 3.05) is 19.6 Å². The van der Waals surface area contributed by atoms with Crippen molar-refractivity contribution >= 4 is 0 Å². The van der Waals surface area contributed by atoms with Gasteiger partial charge >= 0.3 is 0 Å². The van der Waals surface area contributed by atoms with Gasteiger partial charge in [0.05, 0.1) is 0 Å². The lowest BCUT2D eigenvalue weighted by Gasteiger charge is -2.13. The van der Waals surface area contributed by atoms with Crippen LogP contribution in [0.2, 0.25) is 0 Å². The highest BCUT2D eigenvalue weighted by Crippen LogP contribution is 1.81. The summed E-state index contributed by atoms with van der Waals surface area (Å²) in [6.45, 7) is 10.1. The molecule has 0 amide bonds. The molecule has 1 heteroatoms. The summed E-state index contributed by atoms with van der Waals surface area (Å²) in [7, 11) is 0. The van der Waals surface area contributed by atoms with Gasteiger partial charge in [-0.25, -0.2) is 0 Å². The number of rotatable bonds is 3. The van der Waals surface area contributed by atoms with Crippen molar-refractivity contribution in [2.24, 2.45) is 0 Å². The Hall–Kier alpha value is -0.820. The van der Waals surface area contributed by atoms with Gasteiger partial charge in [-0.15, -0.1) is 0 Å². The van der Waals surface area contributed by atoms with E-state index in [2.05, 4.69) is 25.7 Å².